The highest BCUT2D eigenvalue weighted by molar-refractivity contribution is 4.68. The van der Waals surface area contributed by atoms with Crippen molar-refractivity contribution in [3.8, 4) is 0 Å². The lowest BCUT2D eigenvalue weighted by Gasteiger charge is -2.01. The number of hydrogen-bond donors (Lipinski definition) is 1. The van der Waals surface area contributed by atoms with Crippen LogP contribution in [-0.2, 0) is 4.74 Å². The zero-order chi connectivity index (χ0) is 16.3. The van der Waals surface area contributed by atoms with Gasteiger partial charge in [-0.15, -0.1) is 0 Å². The lowest BCUT2D eigenvalue weighted by atomic mass is 10.1. The molecule has 1 heterocycles. The van der Waals surface area contributed by atoms with Gasteiger partial charge >= 0.3 is 0 Å². The molecule has 1 rings (SSSR count). The predicted molar refractivity (Wildman–Crippen MR) is 99.7 cm³/mol. The molecule has 1 aliphatic heterocycles. The molecule has 0 aromatic carbocycles. The minimum atomic E-state index is 0.652. The third-order valence-corrected chi connectivity index (χ3v) is 4.14. The van der Waals surface area contributed by atoms with Crippen molar-refractivity contribution in [3.05, 3.63) is 0 Å². The Morgan fingerprint density at radius 1 is 0.682 bits per heavy atom. The Morgan fingerprint density at radius 3 is 1.55 bits per heavy atom. The fourth-order valence-electron chi connectivity index (χ4n) is 2.57. The fourth-order valence-corrected chi connectivity index (χ4v) is 2.57. The third-order valence-electron chi connectivity index (χ3n) is 4.14. The molecule has 1 fully saturated rings. The number of rotatable bonds is 15. The van der Waals surface area contributed by atoms with Gasteiger partial charge in [-0.1, -0.05) is 85.0 Å². The molecule has 0 radical (unpaired) electrons. The average molecular weight is 314 g/mol. The minimum absolute atomic E-state index is 0.652. The van der Waals surface area contributed by atoms with Crippen LogP contribution in [0.15, 0.2) is 0 Å². The van der Waals surface area contributed by atoms with E-state index < -0.39 is 0 Å². The van der Waals surface area contributed by atoms with Crippen LogP contribution in [0.2, 0.25) is 0 Å². The van der Waals surface area contributed by atoms with Crippen LogP contribution in [0, 0.1) is 0 Å². The van der Waals surface area contributed by atoms with Gasteiger partial charge in [0, 0.05) is 0 Å². The fraction of sp³-hybridized carbons (Fsp3) is 1.00. The molecule has 2 heteroatoms. The van der Waals surface area contributed by atoms with Crippen LogP contribution in [0.3, 0.4) is 0 Å². The minimum Gasteiger partial charge on any atom is -0.373 e. The second kappa shape index (κ2) is 19.0. The highest BCUT2D eigenvalue weighted by Gasteiger charge is 2.20. The summed E-state index contributed by atoms with van der Waals surface area (Å²) < 4.78 is 5.19. The van der Waals surface area contributed by atoms with Crippen LogP contribution in [0.4, 0.5) is 0 Å². The monoisotopic (exact) mass is 313 g/mol. The molecule has 0 aromatic rings. The smallest absolute Gasteiger partial charge is 0.0810 e. The summed E-state index contributed by atoms with van der Waals surface area (Å²) in [7, 11) is 0. The van der Waals surface area contributed by atoms with Gasteiger partial charge in [-0.2, -0.15) is 0 Å². The first-order valence-corrected chi connectivity index (χ1v) is 10.2. The average Bonchev–Trinajstić information content (AvgIpc) is 3.35. The van der Waals surface area contributed by atoms with E-state index in [-0.39, 0.29) is 0 Å². The Kier molecular flexibility index (Phi) is 18.9. The zero-order valence-electron chi connectivity index (χ0n) is 15.8. The number of ether oxygens (including phenoxy) is 1. The van der Waals surface area contributed by atoms with E-state index in [1.807, 2.05) is 0 Å². The van der Waals surface area contributed by atoms with Gasteiger partial charge in [-0.05, 0) is 32.4 Å². The number of epoxide rings is 1. The van der Waals surface area contributed by atoms with E-state index in [0.717, 1.165) is 6.61 Å². The topological polar surface area (TPSA) is 24.6 Å². The molecule has 1 unspecified atom stereocenters. The maximum atomic E-state index is 5.19. The first kappa shape index (κ1) is 21.9. The molecular weight excluding hydrogens is 270 g/mol. The third kappa shape index (κ3) is 19.9. The summed E-state index contributed by atoms with van der Waals surface area (Å²) in [4.78, 5) is 0. The van der Waals surface area contributed by atoms with Gasteiger partial charge in [0.1, 0.15) is 0 Å². The van der Waals surface area contributed by atoms with Crippen LogP contribution in [-0.4, -0.2) is 25.8 Å². The maximum Gasteiger partial charge on any atom is 0.0810 e. The summed E-state index contributed by atoms with van der Waals surface area (Å²) in [5, 5.41) is 3.28. The van der Waals surface area contributed by atoms with Crippen LogP contribution >= 0.6 is 0 Å². The van der Waals surface area contributed by atoms with Gasteiger partial charge in [0.25, 0.3) is 0 Å². The van der Waals surface area contributed by atoms with E-state index >= 15 is 0 Å². The summed E-state index contributed by atoms with van der Waals surface area (Å²) in [6.45, 7) is 10.0. The molecule has 0 aliphatic carbocycles. The van der Waals surface area contributed by atoms with Crippen LogP contribution in [0.5, 0.6) is 0 Å². The summed E-state index contributed by atoms with van der Waals surface area (Å²) in [6, 6.07) is 0. The molecule has 1 N–H and O–H groups in total. The summed E-state index contributed by atoms with van der Waals surface area (Å²) in [6.07, 6.45) is 18.8. The Labute approximate surface area is 140 Å². The van der Waals surface area contributed by atoms with Crippen molar-refractivity contribution in [2.75, 3.05) is 19.7 Å². The van der Waals surface area contributed by atoms with Crippen LogP contribution in [0.25, 0.3) is 0 Å². The van der Waals surface area contributed by atoms with E-state index in [1.165, 1.54) is 96.6 Å². The number of hydrogen-bond acceptors (Lipinski definition) is 2. The number of nitrogens with one attached hydrogen (secondary N) is 1. The van der Waals surface area contributed by atoms with Gasteiger partial charge in [0.15, 0.2) is 0 Å². The van der Waals surface area contributed by atoms with Crippen molar-refractivity contribution in [1.82, 2.24) is 5.32 Å². The largest absolute Gasteiger partial charge is 0.373 e. The second-order valence-corrected chi connectivity index (χ2v) is 6.68. The van der Waals surface area contributed by atoms with E-state index in [9.17, 15) is 0 Å². The molecular formula is C20H43NO. The van der Waals surface area contributed by atoms with E-state index in [1.54, 1.807) is 0 Å². The van der Waals surface area contributed by atoms with Gasteiger partial charge in [0.05, 0.1) is 12.7 Å². The number of unbranched alkanes of at least 4 members (excludes halogenated alkanes) is 9. The van der Waals surface area contributed by atoms with Crippen LogP contribution in [0.1, 0.15) is 104 Å². The van der Waals surface area contributed by atoms with Crippen molar-refractivity contribution in [2.45, 2.75) is 110 Å². The molecule has 134 valence electrons. The molecule has 0 aromatic heterocycles. The van der Waals surface area contributed by atoms with Gasteiger partial charge < -0.3 is 10.1 Å². The molecule has 22 heavy (non-hydrogen) atoms. The van der Waals surface area contributed by atoms with E-state index in [0.29, 0.717) is 6.10 Å². The normalized spacial score (nSPS) is 16.2. The molecule has 0 saturated carbocycles. The lowest BCUT2D eigenvalue weighted by Crippen LogP contribution is -2.14. The first-order chi connectivity index (χ1) is 10.8. The lowest BCUT2D eigenvalue weighted by molar-refractivity contribution is 0.387. The molecule has 1 aliphatic rings. The van der Waals surface area contributed by atoms with Gasteiger partial charge in [-0.3, -0.25) is 0 Å². The summed E-state index contributed by atoms with van der Waals surface area (Å²) in [5.41, 5.74) is 0. The van der Waals surface area contributed by atoms with Gasteiger partial charge in [0.2, 0.25) is 0 Å². The Bertz CT molecular complexity index is 188. The quantitative estimate of drug-likeness (QED) is 0.292. The second-order valence-electron chi connectivity index (χ2n) is 6.68. The van der Waals surface area contributed by atoms with E-state index in [4.69, 9.17) is 4.74 Å². The standard InChI is InChI=1S/C14H28O.C6H15N/c1-2-3-4-5-6-7-8-9-10-11-12-14-13-15-14;1-3-5-7-6-4-2/h14H,2-13H2,1H3;7H,3-6H2,1-2H3. The Morgan fingerprint density at radius 2 is 1.14 bits per heavy atom. The predicted octanol–water partition coefficient (Wildman–Crippen LogP) is 6.09. The zero-order valence-corrected chi connectivity index (χ0v) is 15.8. The first-order valence-electron chi connectivity index (χ1n) is 10.2. The van der Waals surface area contributed by atoms with Crippen LogP contribution < -0.4 is 5.32 Å². The van der Waals surface area contributed by atoms with Crippen molar-refractivity contribution in [3.63, 3.8) is 0 Å². The summed E-state index contributed by atoms with van der Waals surface area (Å²) >= 11 is 0. The Balaban J connectivity index is 0.000000534. The molecule has 2 nitrogen and oxygen atoms in total. The molecule has 0 bridgehead atoms. The van der Waals surface area contributed by atoms with Crippen molar-refractivity contribution in [1.29, 1.82) is 0 Å². The highest BCUT2D eigenvalue weighted by Crippen LogP contribution is 2.18. The highest BCUT2D eigenvalue weighted by atomic mass is 16.6. The Hall–Kier alpha value is -0.0800. The molecule has 0 amide bonds. The van der Waals surface area contributed by atoms with Crippen molar-refractivity contribution in [2.24, 2.45) is 0 Å². The molecule has 1 atom stereocenters. The molecule has 0 spiro atoms. The molecule has 1 saturated heterocycles. The summed E-state index contributed by atoms with van der Waals surface area (Å²) in [5.74, 6) is 0. The van der Waals surface area contributed by atoms with Crippen molar-refractivity contribution < 1.29 is 4.74 Å². The van der Waals surface area contributed by atoms with Crippen molar-refractivity contribution >= 4 is 0 Å². The van der Waals surface area contributed by atoms with Gasteiger partial charge in [-0.25, -0.2) is 0 Å². The SMILES string of the molecule is CCCCCCCCCCCCC1CO1.CCCNCCC. The maximum absolute atomic E-state index is 5.19. The van der Waals surface area contributed by atoms with E-state index in [2.05, 4.69) is 26.1 Å².